The van der Waals surface area contributed by atoms with Gasteiger partial charge in [-0.25, -0.2) is 4.39 Å². The van der Waals surface area contributed by atoms with Crippen LogP contribution in [0.15, 0.2) is 22.7 Å². The summed E-state index contributed by atoms with van der Waals surface area (Å²) in [6, 6.07) is 6.01. The maximum Gasteiger partial charge on any atom is 0.127 e. The average molecular weight is 341 g/mol. The van der Waals surface area contributed by atoms with Crippen LogP contribution in [0.4, 0.5) is 4.39 Å². The number of likely N-dealkylation sites (tertiary alicyclic amines) is 1. The number of piperidine rings is 1. The van der Waals surface area contributed by atoms with Crippen molar-refractivity contribution in [3.63, 3.8) is 0 Å². The Kier molecular flexibility index (Phi) is 4.74. The van der Waals surface area contributed by atoms with Crippen molar-refractivity contribution in [1.82, 2.24) is 10.2 Å². The Balaban J connectivity index is 1.46. The summed E-state index contributed by atoms with van der Waals surface area (Å²) >= 11 is 3.42. The third-order valence-corrected chi connectivity index (χ3v) is 4.87. The molecule has 1 aromatic rings. The van der Waals surface area contributed by atoms with Crippen molar-refractivity contribution >= 4 is 15.9 Å². The largest absolute Gasteiger partial charge is 0.314 e. The first kappa shape index (κ1) is 14.5. The molecule has 0 unspecified atom stereocenters. The zero-order valence-corrected chi connectivity index (χ0v) is 13.3. The van der Waals surface area contributed by atoms with Crippen LogP contribution >= 0.6 is 15.9 Å². The molecular formula is C16H22BrFN2. The van der Waals surface area contributed by atoms with Crippen LogP contribution < -0.4 is 5.32 Å². The second kappa shape index (κ2) is 6.54. The number of hydrogen-bond acceptors (Lipinski definition) is 2. The lowest BCUT2D eigenvalue weighted by Crippen LogP contribution is -2.37. The molecule has 20 heavy (non-hydrogen) atoms. The molecule has 0 amide bonds. The summed E-state index contributed by atoms with van der Waals surface area (Å²) in [7, 11) is 0. The van der Waals surface area contributed by atoms with E-state index in [0.29, 0.717) is 0 Å². The smallest absolute Gasteiger partial charge is 0.127 e. The molecule has 2 aliphatic rings. The van der Waals surface area contributed by atoms with Crippen LogP contribution in [-0.2, 0) is 6.54 Å². The van der Waals surface area contributed by atoms with Gasteiger partial charge in [-0.15, -0.1) is 0 Å². The van der Waals surface area contributed by atoms with Crippen molar-refractivity contribution in [3.05, 3.63) is 34.1 Å². The van der Waals surface area contributed by atoms with E-state index in [1.807, 2.05) is 6.07 Å². The second-order valence-electron chi connectivity index (χ2n) is 6.14. The molecule has 1 saturated carbocycles. The van der Waals surface area contributed by atoms with Crippen LogP contribution in [0.3, 0.4) is 0 Å². The van der Waals surface area contributed by atoms with E-state index in [1.54, 1.807) is 12.1 Å². The molecule has 4 heteroatoms. The molecule has 1 aliphatic carbocycles. The first-order valence-corrected chi connectivity index (χ1v) is 8.39. The molecule has 0 bridgehead atoms. The molecule has 1 aromatic carbocycles. The average Bonchev–Trinajstić information content (AvgIpc) is 3.26. The van der Waals surface area contributed by atoms with E-state index >= 15 is 0 Å². The number of benzene rings is 1. The van der Waals surface area contributed by atoms with E-state index in [9.17, 15) is 4.39 Å². The summed E-state index contributed by atoms with van der Waals surface area (Å²) in [5.41, 5.74) is 0.800. The Bertz CT molecular complexity index is 454. The Morgan fingerprint density at radius 2 is 1.95 bits per heavy atom. The van der Waals surface area contributed by atoms with E-state index < -0.39 is 0 Å². The van der Waals surface area contributed by atoms with Crippen LogP contribution in [0.25, 0.3) is 0 Å². The van der Waals surface area contributed by atoms with Crippen molar-refractivity contribution in [1.29, 1.82) is 0 Å². The molecule has 1 aliphatic heterocycles. The first-order chi connectivity index (χ1) is 9.70. The molecule has 1 heterocycles. The van der Waals surface area contributed by atoms with Crippen molar-refractivity contribution in [3.8, 4) is 0 Å². The lowest BCUT2D eigenvalue weighted by Gasteiger charge is -2.32. The summed E-state index contributed by atoms with van der Waals surface area (Å²) < 4.78 is 14.7. The van der Waals surface area contributed by atoms with Gasteiger partial charge in [0.2, 0.25) is 0 Å². The Morgan fingerprint density at radius 3 is 2.65 bits per heavy atom. The molecule has 0 radical (unpaired) electrons. The third kappa shape index (κ3) is 4.03. The molecule has 2 nitrogen and oxygen atoms in total. The highest BCUT2D eigenvalue weighted by atomic mass is 79.9. The lowest BCUT2D eigenvalue weighted by molar-refractivity contribution is 0.173. The summed E-state index contributed by atoms with van der Waals surface area (Å²) in [6.07, 6.45) is 5.19. The minimum absolute atomic E-state index is 0.0919. The normalized spacial score (nSPS) is 21.3. The Hall–Kier alpha value is -0.450. The van der Waals surface area contributed by atoms with Crippen molar-refractivity contribution in [2.24, 2.45) is 5.92 Å². The molecule has 3 rings (SSSR count). The molecule has 0 aromatic heterocycles. The molecule has 110 valence electrons. The number of nitrogens with one attached hydrogen (secondary N) is 1. The van der Waals surface area contributed by atoms with E-state index in [-0.39, 0.29) is 5.82 Å². The minimum Gasteiger partial charge on any atom is -0.314 e. The zero-order chi connectivity index (χ0) is 13.9. The molecule has 1 saturated heterocycles. The van der Waals surface area contributed by atoms with Gasteiger partial charge in [0.25, 0.3) is 0 Å². The van der Waals surface area contributed by atoms with E-state index in [0.717, 1.165) is 41.6 Å². The van der Waals surface area contributed by atoms with Gasteiger partial charge >= 0.3 is 0 Å². The molecule has 2 fully saturated rings. The monoisotopic (exact) mass is 340 g/mol. The van der Waals surface area contributed by atoms with Crippen LogP contribution in [0.5, 0.6) is 0 Å². The van der Waals surface area contributed by atoms with Crippen LogP contribution in [0, 0.1) is 11.7 Å². The van der Waals surface area contributed by atoms with Crippen LogP contribution in [0.2, 0.25) is 0 Å². The molecular weight excluding hydrogens is 319 g/mol. The van der Waals surface area contributed by atoms with Crippen molar-refractivity contribution in [2.75, 3.05) is 19.6 Å². The first-order valence-electron chi connectivity index (χ1n) is 7.60. The number of hydrogen-bond donors (Lipinski definition) is 1. The van der Waals surface area contributed by atoms with Crippen molar-refractivity contribution < 1.29 is 4.39 Å². The summed E-state index contributed by atoms with van der Waals surface area (Å²) in [4.78, 5) is 2.37. The Labute approximate surface area is 128 Å². The van der Waals surface area contributed by atoms with Gasteiger partial charge < -0.3 is 5.32 Å². The van der Waals surface area contributed by atoms with Gasteiger partial charge in [0.1, 0.15) is 5.82 Å². The second-order valence-corrected chi connectivity index (χ2v) is 7.05. The predicted octanol–water partition coefficient (Wildman–Crippen LogP) is 3.55. The van der Waals surface area contributed by atoms with Crippen LogP contribution in [0.1, 0.15) is 31.2 Å². The summed E-state index contributed by atoms with van der Waals surface area (Å²) in [5, 5.41) is 3.62. The van der Waals surface area contributed by atoms with Gasteiger partial charge in [0, 0.05) is 22.6 Å². The summed E-state index contributed by atoms with van der Waals surface area (Å²) in [6.45, 7) is 4.07. The number of rotatable bonds is 5. The van der Waals surface area contributed by atoms with E-state index in [4.69, 9.17) is 0 Å². The third-order valence-electron chi connectivity index (χ3n) is 4.38. The lowest BCUT2D eigenvalue weighted by atomic mass is 9.96. The van der Waals surface area contributed by atoms with Crippen LogP contribution in [-0.4, -0.2) is 30.6 Å². The van der Waals surface area contributed by atoms with Gasteiger partial charge in [0.05, 0.1) is 0 Å². The highest BCUT2D eigenvalue weighted by molar-refractivity contribution is 9.10. The predicted molar refractivity (Wildman–Crippen MR) is 83.1 cm³/mol. The van der Waals surface area contributed by atoms with Gasteiger partial charge in [-0.05, 0) is 69.4 Å². The van der Waals surface area contributed by atoms with Gasteiger partial charge in [-0.2, -0.15) is 0 Å². The minimum atomic E-state index is -0.0919. The standard InChI is InChI=1S/C16H22BrFN2/c17-14-1-4-16(18)13(9-14)11-20-7-5-12(6-8-20)10-19-15-2-3-15/h1,4,9,12,15,19H,2-3,5-8,10-11H2. The quantitative estimate of drug-likeness (QED) is 0.881. The van der Waals surface area contributed by atoms with Gasteiger partial charge in [0.15, 0.2) is 0 Å². The van der Waals surface area contributed by atoms with E-state index in [1.165, 1.54) is 32.2 Å². The summed E-state index contributed by atoms with van der Waals surface area (Å²) in [5.74, 6) is 0.713. The zero-order valence-electron chi connectivity index (χ0n) is 11.7. The highest BCUT2D eigenvalue weighted by Crippen LogP contribution is 2.23. The maximum atomic E-state index is 13.8. The topological polar surface area (TPSA) is 15.3 Å². The molecule has 0 spiro atoms. The Morgan fingerprint density at radius 1 is 1.20 bits per heavy atom. The van der Waals surface area contributed by atoms with Crippen molar-refractivity contribution in [2.45, 2.75) is 38.3 Å². The molecule has 0 atom stereocenters. The SMILES string of the molecule is Fc1ccc(Br)cc1CN1CCC(CNC2CC2)CC1. The fraction of sp³-hybridized carbons (Fsp3) is 0.625. The molecule has 1 N–H and O–H groups in total. The highest BCUT2D eigenvalue weighted by Gasteiger charge is 2.24. The van der Waals surface area contributed by atoms with Gasteiger partial charge in [-0.3, -0.25) is 4.90 Å². The number of halogens is 2. The number of nitrogens with zero attached hydrogens (tertiary/aromatic N) is 1. The maximum absolute atomic E-state index is 13.8. The fourth-order valence-electron chi connectivity index (χ4n) is 2.87. The fourth-order valence-corrected chi connectivity index (χ4v) is 3.28. The van der Waals surface area contributed by atoms with Gasteiger partial charge in [-0.1, -0.05) is 15.9 Å². The van der Waals surface area contributed by atoms with E-state index in [2.05, 4.69) is 26.1 Å².